The lowest BCUT2D eigenvalue weighted by molar-refractivity contribution is -0.352. The average molecular weight is 360 g/mol. The number of rotatable bonds is 7. The molecule has 1 aliphatic carbocycles. The maximum absolute atomic E-state index is 13.2. The van der Waals surface area contributed by atoms with Gasteiger partial charge in [-0.15, -0.1) is 0 Å². The van der Waals surface area contributed by atoms with E-state index in [2.05, 4.69) is 13.8 Å². The van der Waals surface area contributed by atoms with Crippen molar-refractivity contribution in [1.82, 2.24) is 0 Å². The Balaban J connectivity index is 2.90. The van der Waals surface area contributed by atoms with Gasteiger partial charge in [-0.25, -0.2) is 0 Å². The smallest absolute Gasteiger partial charge is 0.170 e. The monoisotopic (exact) mass is 360 g/mol. The Morgan fingerprint density at radius 1 is 0.792 bits per heavy atom. The van der Waals surface area contributed by atoms with Crippen LogP contribution in [0, 0.1) is 16.7 Å². The molecule has 0 aliphatic heterocycles. The molecule has 0 bridgehead atoms. The highest BCUT2D eigenvalue weighted by molar-refractivity contribution is 4.99. The van der Waals surface area contributed by atoms with Crippen molar-refractivity contribution in [3.8, 4) is 0 Å². The van der Waals surface area contributed by atoms with Crippen molar-refractivity contribution in [2.24, 2.45) is 16.7 Å². The fourth-order valence-corrected chi connectivity index (χ4v) is 4.42. The first-order valence-corrected chi connectivity index (χ1v) is 9.07. The van der Waals surface area contributed by atoms with Gasteiger partial charge in [0.15, 0.2) is 5.41 Å². The van der Waals surface area contributed by atoms with Gasteiger partial charge in [0.1, 0.15) is 0 Å². The van der Waals surface area contributed by atoms with Gasteiger partial charge in [0.2, 0.25) is 0 Å². The molecule has 0 heterocycles. The number of halogens is 6. The van der Waals surface area contributed by atoms with Crippen LogP contribution in [-0.2, 0) is 0 Å². The van der Waals surface area contributed by atoms with Gasteiger partial charge in [-0.05, 0) is 49.9 Å². The molecule has 1 atom stereocenters. The highest BCUT2D eigenvalue weighted by atomic mass is 19.4. The van der Waals surface area contributed by atoms with Gasteiger partial charge in [-0.1, -0.05) is 46.5 Å². The molecule has 24 heavy (non-hydrogen) atoms. The first kappa shape index (κ1) is 21.6. The summed E-state index contributed by atoms with van der Waals surface area (Å²) in [5, 5.41) is 0. The van der Waals surface area contributed by atoms with Crippen molar-refractivity contribution in [3.63, 3.8) is 0 Å². The Kier molecular flexibility index (Phi) is 7.08. The third-order valence-corrected chi connectivity index (χ3v) is 6.08. The predicted molar refractivity (Wildman–Crippen MR) is 83.7 cm³/mol. The minimum atomic E-state index is -5.22. The molecule has 0 spiro atoms. The number of hydrogen-bond acceptors (Lipinski definition) is 0. The third-order valence-electron chi connectivity index (χ3n) is 6.08. The van der Waals surface area contributed by atoms with Gasteiger partial charge >= 0.3 is 12.4 Å². The topological polar surface area (TPSA) is 0 Å². The molecule has 0 nitrogen and oxygen atoms in total. The van der Waals surface area contributed by atoms with E-state index < -0.39 is 30.6 Å². The van der Waals surface area contributed by atoms with E-state index in [1.54, 1.807) is 0 Å². The summed E-state index contributed by atoms with van der Waals surface area (Å²) in [6, 6.07) is 0. The summed E-state index contributed by atoms with van der Waals surface area (Å²) in [5.74, 6) is -0.0490. The van der Waals surface area contributed by atoms with E-state index in [9.17, 15) is 26.3 Å². The molecular formula is C18H30F6. The molecule has 0 aromatic heterocycles. The molecule has 6 heteroatoms. The quantitative estimate of drug-likeness (QED) is 0.323. The van der Waals surface area contributed by atoms with Gasteiger partial charge in [0.05, 0.1) is 0 Å². The first-order valence-electron chi connectivity index (χ1n) is 9.07. The number of alkyl halides is 6. The maximum Gasteiger partial charge on any atom is 0.403 e. The number of unbranched alkanes of at least 4 members (excludes halogenated alkanes) is 2. The molecule has 1 fully saturated rings. The Morgan fingerprint density at radius 2 is 1.29 bits per heavy atom. The zero-order valence-electron chi connectivity index (χ0n) is 14.9. The molecule has 0 radical (unpaired) electrons. The van der Waals surface area contributed by atoms with Crippen molar-refractivity contribution in [2.45, 2.75) is 97.3 Å². The summed E-state index contributed by atoms with van der Waals surface area (Å²) in [6.45, 7) is 6.17. The van der Waals surface area contributed by atoms with Gasteiger partial charge in [-0.2, -0.15) is 26.3 Å². The highest BCUT2D eigenvalue weighted by Crippen LogP contribution is 2.61. The van der Waals surface area contributed by atoms with Crippen molar-refractivity contribution in [1.29, 1.82) is 0 Å². The van der Waals surface area contributed by atoms with Crippen molar-refractivity contribution in [3.05, 3.63) is 0 Å². The molecule has 1 rings (SSSR count). The Hall–Kier alpha value is -0.420. The zero-order valence-corrected chi connectivity index (χ0v) is 14.9. The molecule has 1 aliphatic rings. The minimum absolute atomic E-state index is 0.0155. The Morgan fingerprint density at radius 3 is 1.67 bits per heavy atom. The standard InChI is InChI=1S/C18H30F6/c1-4-6-7-11-15(3,10-5-2)14-8-12-16(13-9-14,17(19,20)21)18(22,23)24/h14H,4-13H2,1-3H3. The van der Waals surface area contributed by atoms with E-state index in [1.165, 1.54) is 0 Å². The van der Waals surface area contributed by atoms with Crippen LogP contribution in [0.1, 0.15) is 85.0 Å². The molecule has 144 valence electrons. The first-order chi connectivity index (χ1) is 10.9. The van der Waals surface area contributed by atoms with Crippen LogP contribution in [0.5, 0.6) is 0 Å². The van der Waals surface area contributed by atoms with Gasteiger partial charge in [0, 0.05) is 0 Å². The normalized spacial score (nSPS) is 22.4. The van der Waals surface area contributed by atoms with Crippen molar-refractivity contribution < 1.29 is 26.3 Å². The summed E-state index contributed by atoms with van der Waals surface area (Å²) >= 11 is 0. The van der Waals surface area contributed by atoms with Crippen LogP contribution in [0.25, 0.3) is 0 Å². The second-order valence-corrected chi connectivity index (χ2v) is 7.71. The summed E-state index contributed by atoms with van der Waals surface area (Å²) in [4.78, 5) is 0. The van der Waals surface area contributed by atoms with Crippen LogP contribution < -0.4 is 0 Å². The van der Waals surface area contributed by atoms with E-state index >= 15 is 0 Å². The van der Waals surface area contributed by atoms with Crippen molar-refractivity contribution in [2.75, 3.05) is 0 Å². The fourth-order valence-electron chi connectivity index (χ4n) is 4.42. The highest BCUT2D eigenvalue weighted by Gasteiger charge is 2.70. The van der Waals surface area contributed by atoms with Crippen LogP contribution in [0.3, 0.4) is 0 Å². The zero-order chi connectivity index (χ0) is 18.6. The minimum Gasteiger partial charge on any atom is -0.170 e. The van der Waals surface area contributed by atoms with E-state index in [1.807, 2.05) is 6.92 Å². The second kappa shape index (κ2) is 7.86. The molecule has 0 amide bonds. The molecule has 1 unspecified atom stereocenters. The molecule has 1 saturated carbocycles. The van der Waals surface area contributed by atoms with Crippen LogP contribution in [0.15, 0.2) is 0 Å². The largest absolute Gasteiger partial charge is 0.403 e. The molecule has 0 saturated heterocycles. The SMILES string of the molecule is CCCCCC(C)(CCC)C1CCC(C(F)(F)F)(C(F)(F)F)CC1. The van der Waals surface area contributed by atoms with Gasteiger partial charge in [-0.3, -0.25) is 0 Å². The Bertz CT molecular complexity index is 360. The molecule has 0 aromatic carbocycles. The summed E-state index contributed by atoms with van der Waals surface area (Å²) in [7, 11) is 0. The van der Waals surface area contributed by atoms with Gasteiger partial charge < -0.3 is 0 Å². The molecule has 0 aromatic rings. The van der Waals surface area contributed by atoms with Crippen LogP contribution in [0.2, 0.25) is 0 Å². The lowest BCUT2D eigenvalue weighted by Crippen LogP contribution is -2.53. The van der Waals surface area contributed by atoms with E-state index in [0.717, 1.165) is 38.5 Å². The van der Waals surface area contributed by atoms with Gasteiger partial charge in [0.25, 0.3) is 0 Å². The van der Waals surface area contributed by atoms with Crippen LogP contribution in [-0.4, -0.2) is 12.4 Å². The lowest BCUT2D eigenvalue weighted by atomic mass is 9.60. The molecule has 0 N–H and O–H groups in total. The number of hydrogen-bond donors (Lipinski definition) is 0. The maximum atomic E-state index is 13.2. The summed E-state index contributed by atoms with van der Waals surface area (Å²) < 4.78 is 79.2. The van der Waals surface area contributed by atoms with E-state index in [0.29, 0.717) is 0 Å². The molecular weight excluding hydrogens is 330 g/mol. The van der Waals surface area contributed by atoms with Crippen LogP contribution in [0.4, 0.5) is 26.3 Å². The second-order valence-electron chi connectivity index (χ2n) is 7.71. The Labute approximate surface area is 141 Å². The predicted octanol–water partition coefficient (Wildman–Crippen LogP) is 7.67. The summed E-state index contributed by atoms with van der Waals surface area (Å²) in [6.07, 6.45) is -6.29. The average Bonchev–Trinajstić information content (AvgIpc) is 2.45. The summed E-state index contributed by atoms with van der Waals surface area (Å²) in [5.41, 5.74) is -3.65. The lowest BCUT2D eigenvalue weighted by Gasteiger charge is -2.47. The van der Waals surface area contributed by atoms with E-state index in [4.69, 9.17) is 0 Å². The van der Waals surface area contributed by atoms with Crippen LogP contribution >= 0.6 is 0 Å². The third kappa shape index (κ3) is 4.40. The van der Waals surface area contributed by atoms with Crippen molar-refractivity contribution >= 4 is 0 Å². The fraction of sp³-hybridized carbons (Fsp3) is 1.00. The van der Waals surface area contributed by atoms with E-state index in [-0.39, 0.29) is 24.2 Å².